The molecule has 1 heterocycles. The molecular weight excluding hydrogens is 124 g/mol. The maximum atomic E-state index is 4.11. The molecule has 1 aromatic heterocycles. The van der Waals surface area contributed by atoms with Crippen LogP contribution in [0.25, 0.3) is 0 Å². The molecule has 0 saturated heterocycles. The van der Waals surface area contributed by atoms with Gasteiger partial charge in [0.25, 0.3) is 0 Å². The van der Waals surface area contributed by atoms with E-state index in [2.05, 4.69) is 16.9 Å². The first kappa shape index (κ1) is 6.81. The van der Waals surface area contributed by atoms with Crippen molar-refractivity contribution in [3.63, 3.8) is 0 Å². The minimum Gasteiger partial charge on any atom is -0.386 e. The van der Waals surface area contributed by atoms with Gasteiger partial charge in [0.15, 0.2) is 0 Å². The zero-order valence-corrected chi connectivity index (χ0v) is 5.75. The van der Waals surface area contributed by atoms with Gasteiger partial charge in [0.2, 0.25) is 0 Å². The van der Waals surface area contributed by atoms with Gasteiger partial charge < -0.3 is 5.32 Å². The second-order valence-corrected chi connectivity index (χ2v) is 1.91. The van der Waals surface area contributed by atoms with Gasteiger partial charge in [0.05, 0.1) is 12.2 Å². The minimum absolute atomic E-state index is 0.754. The third-order valence-corrected chi connectivity index (χ3v) is 1.15. The van der Waals surface area contributed by atoms with Crippen LogP contribution in [-0.4, -0.2) is 4.98 Å². The average Bonchev–Trinajstić information content (AvgIpc) is 2.03. The standard InChI is InChI=1S/C8H10N2/c1-2-9-7-8-5-3-4-6-10-8/h2-6,9H,1,7H2. The summed E-state index contributed by atoms with van der Waals surface area (Å²) in [6.45, 7) is 4.29. The summed E-state index contributed by atoms with van der Waals surface area (Å²) in [5.74, 6) is 0. The number of aromatic nitrogens is 1. The molecule has 0 unspecified atom stereocenters. The first-order valence-electron chi connectivity index (χ1n) is 3.17. The summed E-state index contributed by atoms with van der Waals surface area (Å²) in [6, 6.07) is 5.83. The van der Waals surface area contributed by atoms with Crippen LogP contribution in [0.5, 0.6) is 0 Å². The molecule has 0 saturated carbocycles. The third kappa shape index (κ3) is 1.90. The molecule has 10 heavy (non-hydrogen) atoms. The largest absolute Gasteiger partial charge is 0.386 e. The van der Waals surface area contributed by atoms with Crippen LogP contribution in [0.4, 0.5) is 0 Å². The number of nitrogens with zero attached hydrogens (tertiary/aromatic N) is 1. The van der Waals surface area contributed by atoms with Crippen molar-refractivity contribution in [2.24, 2.45) is 0 Å². The van der Waals surface area contributed by atoms with Crippen molar-refractivity contribution in [3.05, 3.63) is 42.9 Å². The summed E-state index contributed by atoms with van der Waals surface area (Å²) < 4.78 is 0. The molecule has 0 aliphatic carbocycles. The summed E-state index contributed by atoms with van der Waals surface area (Å²) in [5, 5.41) is 2.97. The molecule has 0 fully saturated rings. The predicted molar refractivity (Wildman–Crippen MR) is 41.3 cm³/mol. The first-order chi connectivity index (χ1) is 4.93. The number of rotatable bonds is 3. The SMILES string of the molecule is C=CNCc1ccccn1. The second-order valence-electron chi connectivity index (χ2n) is 1.91. The van der Waals surface area contributed by atoms with Crippen molar-refractivity contribution in [1.29, 1.82) is 0 Å². The van der Waals surface area contributed by atoms with Crippen LogP contribution < -0.4 is 5.32 Å². The Bertz CT molecular complexity index is 194. The quantitative estimate of drug-likeness (QED) is 0.674. The number of pyridine rings is 1. The van der Waals surface area contributed by atoms with Crippen molar-refractivity contribution < 1.29 is 0 Å². The van der Waals surface area contributed by atoms with Gasteiger partial charge in [-0.05, 0) is 18.3 Å². The lowest BCUT2D eigenvalue weighted by molar-refractivity contribution is 0.838. The van der Waals surface area contributed by atoms with E-state index in [4.69, 9.17) is 0 Å². The minimum atomic E-state index is 0.754. The van der Waals surface area contributed by atoms with Crippen LogP contribution >= 0.6 is 0 Å². The van der Waals surface area contributed by atoms with Gasteiger partial charge in [0.1, 0.15) is 0 Å². The Labute approximate surface area is 60.6 Å². The van der Waals surface area contributed by atoms with Crippen LogP contribution in [0.3, 0.4) is 0 Å². The highest BCUT2D eigenvalue weighted by Crippen LogP contribution is 1.90. The summed E-state index contributed by atoms with van der Waals surface area (Å²) in [4.78, 5) is 4.11. The van der Waals surface area contributed by atoms with E-state index >= 15 is 0 Å². The lowest BCUT2D eigenvalue weighted by atomic mass is 10.3. The van der Waals surface area contributed by atoms with Crippen LogP contribution in [0.15, 0.2) is 37.2 Å². The monoisotopic (exact) mass is 134 g/mol. The molecule has 52 valence electrons. The van der Waals surface area contributed by atoms with Crippen molar-refractivity contribution in [2.75, 3.05) is 0 Å². The normalized spacial score (nSPS) is 8.80. The summed E-state index contributed by atoms with van der Waals surface area (Å²) in [7, 11) is 0. The molecule has 2 heteroatoms. The maximum Gasteiger partial charge on any atom is 0.0594 e. The fourth-order valence-electron chi connectivity index (χ4n) is 0.679. The number of nitrogens with one attached hydrogen (secondary N) is 1. The molecule has 1 rings (SSSR count). The van der Waals surface area contributed by atoms with E-state index < -0.39 is 0 Å². The molecule has 0 aliphatic heterocycles. The summed E-state index contributed by atoms with van der Waals surface area (Å²) in [6.07, 6.45) is 3.44. The van der Waals surface area contributed by atoms with Gasteiger partial charge in [-0.1, -0.05) is 12.6 Å². The van der Waals surface area contributed by atoms with Crippen molar-refractivity contribution in [3.8, 4) is 0 Å². The molecule has 0 aliphatic rings. The zero-order chi connectivity index (χ0) is 7.23. The van der Waals surface area contributed by atoms with Gasteiger partial charge >= 0.3 is 0 Å². The molecule has 0 spiro atoms. The average molecular weight is 134 g/mol. The zero-order valence-electron chi connectivity index (χ0n) is 5.75. The van der Waals surface area contributed by atoms with Crippen LogP contribution in [0, 0.1) is 0 Å². The van der Waals surface area contributed by atoms with E-state index in [0.29, 0.717) is 0 Å². The van der Waals surface area contributed by atoms with Crippen LogP contribution in [0.1, 0.15) is 5.69 Å². The first-order valence-corrected chi connectivity index (χ1v) is 3.17. The second kappa shape index (κ2) is 3.67. The van der Waals surface area contributed by atoms with Crippen LogP contribution in [0.2, 0.25) is 0 Å². The van der Waals surface area contributed by atoms with E-state index in [1.165, 1.54) is 0 Å². The molecule has 0 radical (unpaired) electrons. The Balaban J connectivity index is 2.50. The molecular formula is C8H10N2. The topological polar surface area (TPSA) is 24.9 Å². The van der Waals surface area contributed by atoms with E-state index in [9.17, 15) is 0 Å². The smallest absolute Gasteiger partial charge is 0.0594 e. The third-order valence-electron chi connectivity index (χ3n) is 1.15. The molecule has 0 bridgehead atoms. The Kier molecular flexibility index (Phi) is 2.49. The molecule has 0 aromatic carbocycles. The highest BCUT2D eigenvalue weighted by Gasteiger charge is 1.86. The van der Waals surface area contributed by atoms with Gasteiger partial charge in [0, 0.05) is 6.20 Å². The Morgan fingerprint density at radius 3 is 3.10 bits per heavy atom. The van der Waals surface area contributed by atoms with Crippen LogP contribution in [-0.2, 0) is 6.54 Å². The Hall–Kier alpha value is -1.31. The van der Waals surface area contributed by atoms with Crippen molar-refractivity contribution in [1.82, 2.24) is 10.3 Å². The maximum absolute atomic E-state index is 4.11. The van der Waals surface area contributed by atoms with E-state index in [-0.39, 0.29) is 0 Å². The number of hydrogen-bond donors (Lipinski definition) is 1. The van der Waals surface area contributed by atoms with E-state index in [1.807, 2.05) is 18.2 Å². The lowest BCUT2D eigenvalue weighted by Gasteiger charge is -1.97. The van der Waals surface area contributed by atoms with Crippen molar-refractivity contribution >= 4 is 0 Å². The van der Waals surface area contributed by atoms with E-state index in [0.717, 1.165) is 12.2 Å². The number of hydrogen-bond acceptors (Lipinski definition) is 2. The van der Waals surface area contributed by atoms with Gasteiger partial charge in [-0.2, -0.15) is 0 Å². The summed E-state index contributed by atoms with van der Waals surface area (Å²) in [5.41, 5.74) is 1.03. The fraction of sp³-hybridized carbons (Fsp3) is 0.125. The molecule has 1 N–H and O–H groups in total. The van der Waals surface area contributed by atoms with Gasteiger partial charge in [-0.3, -0.25) is 4.98 Å². The Morgan fingerprint density at radius 1 is 1.60 bits per heavy atom. The van der Waals surface area contributed by atoms with Gasteiger partial charge in [-0.25, -0.2) is 0 Å². The highest BCUT2D eigenvalue weighted by molar-refractivity contribution is 5.03. The molecule has 0 amide bonds. The summed E-state index contributed by atoms with van der Waals surface area (Å²) >= 11 is 0. The Morgan fingerprint density at radius 2 is 2.50 bits per heavy atom. The molecule has 2 nitrogen and oxygen atoms in total. The lowest BCUT2D eigenvalue weighted by Crippen LogP contribution is -2.04. The predicted octanol–water partition coefficient (Wildman–Crippen LogP) is 1.31. The fourth-order valence-corrected chi connectivity index (χ4v) is 0.679. The molecule has 1 aromatic rings. The molecule has 0 atom stereocenters. The van der Waals surface area contributed by atoms with Crippen molar-refractivity contribution in [2.45, 2.75) is 6.54 Å². The van der Waals surface area contributed by atoms with E-state index in [1.54, 1.807) is 12.4 Å². The highest BCUT2D eigenvalue weighted by atomic mass is 14.9. The van der Waals surface area contributed by atoms with Gasteiger partial charge in [-0.15, -0.1) is 0 Å².